The normalized spacial score (nSPS) is 17.1. The number of amides is 2. The highest BCUT2D eigenvalue weighted by Crippen LogP contribution is 2.29. The monoisotopic (exact) mass is 455 g/mol. The molecular weight excluding hydrogens is 426 g/mol. The first-order valence-corrected chi connectivity index (χ1v) is 12.5. The Morgan fingerprint density at radius 1 is 0.969 bits per heavy atom. The third-order valence-corrected chi connectivity index (χ3v) is 8.23. The number of anilines is 2. The van der Waals surface area contributed by atoms with Crippen LogP contribution in [0.3, 0.4) is 0 Å². The van der Waals surface area contributed by atoms with Gasteiger partial charge in [-0.2, -0.15) is 4.31 Å². The van der Waals surface area contributed by atoms with E-state index in [1.165, 1.54) is 16.8 Å². The Morgan fingerprint density at radius 3 is 2.38 bits per heavy atom. The first kappa shape index (κ1) is 22.5. The van der Waals surface area contributed by atoms with Gasteiger partial charge in [0.25, 0.3) is 0 Å². The van der Waals surface area contributed by atoms with Crippen molar-refractivity contribution in [3.63, 3.8) is 0 Å². The van der Waals surface area contributed by atoms with Gasteiger partial charge in [-0.15, -0.1) is 0 Å². The van der Waals surface area contributed by atoms with E-state index >= 15 is 0 Å². The van der Waals surface area contributed by atoms with Crippen molar-refractivity contribution < 1.29 is 18.0 Å². The molecule has 32 heavy (non-hydrogen) atoms. The summed E-state index contributed by atoms with van der Waals surface area (Å²) >= 11 is 0. The van der Waals surface area contributed by atoms with Gasteiger partial charge in [0.1, 0.15) is 0 Å². The molecule has 1 saturated heterocycles. The number of hydrogen-bond donors (Lipinski definition) is 2. The van der Waals surface area contributed by atoms with Crippen LogP contribution in [-0.4, -0.2) is 37.6 Å². The van der Waals surface area contributed by atoms with Crippen LogP contribution in [0.2, 0.25) is 0 Å². The Bertz CT molecular complexity index is 1150. The number of benzene rings is 2. The van der Waals surface area contributed by atoms with Crippen LogP contribution in [-0.2, 0) is 32.5 Å². The molecule has 0 saturated carbocycles. The van der Waals surface area contributed by atoms with Crippen LogP contribution in [0.4, 0.5) is 11.4 Å². The zero-order chi connectivity index (χ0) is 22.9. The van der Waals surface area contributed by atoms with E-state index in [-0.39, 0.29) is 17.7 Å². The lowest BCUT2D eigenvalue weighted by Gasteiger charge is -2.30. The molecule has 0 bridgehead atoms. The minimum absolute atomic E-state index is 0.105. The predicted octanol–water partition coefficient (Wildman–Crippen LogP) is 3.48. The van der Waals surface area contributed by atoms with Gasteiger partial charge in [-0.1, -0.05) is 6.07 Å². The Balaban J connectivity index is 1.36. The molecule has 8 heteroatoms. The molecule has 4 rings (SSSR count). The highest BCUT2D eigenvalue weighted by atomic mass is 32.2. The maximum atomic E-state index is 13.1. The summed E-state index contributed by atoms with van der Waals surface area (Å²) in [5, 5.41) is 5.68. The zero-order valence-corrected chi connectivity index (χ0v) is 19.3. The first-order valence-electron chi connectivity index (χ1n) is 11.0. The van der Waals surface area contributed by atoms with Crippen molar-refractivity contribution in [3.8, 4) is 0 Å². The summed E-state index contributed by atoms with van der Waals surface area (Å²) in [6, 6.07) is 10.8. The number of fused-ring (bicyclic) bond motifs is 1. The molecule has 2 N–H and O–H groups in total. The molecule has 0 spiro atoms. The van der Waals surface area contributed by atoms with E-state index in [2.05, 4.69) is 10.6 Å². The molecule has 0 unspecified atom stereocenters. The molecule has 1 fully saturated rings. The van der Waals surface area contributed by atoms with Gasteiger partial charge in [-0.3, -0.25) is 9.59 Å². The number of sulfonamides is 1. The fourth-order valence-electron chi connectivity index (χ4n) is 4.53. The van der Waals surface area contributed by atoms with Crippen LogP contribution < -0.4 is 10.6 Å². The summed E-state index contributed by atoms with van der Waals surface area (Å²) in [5.41, 5.74) is 4.61. The Hall–Kier alpha value is -2.71. The van der Waals surface area contributed by atoms with Gasteiger partial charge in [0.15, 0.2) is 0 Å². The van der Waals surface area contributed by atoms with Gasteiger partial charge in [0, 0.05) is 37.3 Å². The Morgan fingerprint density at radius 2 is 1.69 bits per heavy atom. The number of hydrogen-bond acceptors (Lipinski definition) is 4. The molecule has 2 amide bonds. The summed E-state index contributed by atoms with van der Waals surface area (Å²) in [7, 11) is -3.54. The third kappa shape index (κ3) is 4.71. The van der Waals surface area contributed by atoms with Gasteiger partial charge in [0.05, 0.1) is 4.90 Å². The molecule has 1 heterocycles. The quantitative estimate of drug-likeness (QED) is 0.722. The number of carbonyl (C=O) groups is 2. The van der Waals surface area contributed by atoms with E-state index in [4.69, 9.17) is 0 Å². The number of rotatable bonds is 5. The molecule has 7 nitrogen and oxygen atoms in total. The number of aryl methyl sites for hydroxylation is 3. The Labute approximate surface area is 189 Å². The van der Waals surface area contributed by atoms with Crippen molar-refractivity contribution in [2.24, 2.45) is 5.92 Å². The summed E-state index contributed by atoms with van der Waals surface area (Å²) < 4.78 is 27.7. The van der Waals surface area contributed by atoms with Gasteiger partial charge in [-0.05, 0) is 86.1 Å². The number of piperidine rings is 1. The van der Waals surface area contributed by atoms with Crippen LogP contribution in [0, 0.1) is 12.8 Å². The van der Waals surface area contributed by atoms with Crippen molar-refractivity contribution in [1.82, 2.24) is 4.31 Å². The van der Waals surface area contributed by atoms with E-state index in [0.717, 1.165) is 30.4 Å². The van der Waals surface area contributed by atoms with Crippen molar-refractivity contribution in [2.75, 3.05) is 23.7 Å². The van der Waals surface area contributed by atoms with Crippen LogP contribution in [0.5, 0.6) is 0 Å². The van der Waals surface area contributed by atoms with Crippen molar-refractivity contribution in [3.05, 3.63) is 53.1 Å². The number of nitrogens with zero attached hydrogens (tertiary/aromatic N) is 1. The fourth-order valence-corrected chi connectivity index (χ4v) is 6.05. The lowest BCUT2D eigenvalue weighted by molar-refractivity contribution is -0.121. The fraction of sp³-hybridized carbons (Fsp3) is 0.417. The molecule has 0 radical (unpaired) electrons. The first-order chi connectivity index (χ1) is 15.2. The van der Waals surface area contributed by atoms with Crippen LogP contribution in [0.15, 0.2) is 41.3 Å². The largest absolute Gasteiger partial charge is 0.326 e. The molecule has 2 aromatic carbocycles. The van der Waals surface area contributed by atoms with Crippen LogP contribution >= 0.6 is 0 Å². The van der Waals surface area contributed by atoms with E-state index in [0.29, 0.717) is 42.2 Å². The van der Waals surface area contributed by atoms with E-state index in [9.17, 15) is 18.0 Å². The highest BCUT2D eigenvalue weighted by Gasteiger charge is 2.32. The highest BCUT2D eigenvalue weighted by molar-refractivity contribution is 7.89. The standard InChI is InChI=1S/C24H29N3O4S/c1-16-14-21(7-9-23(16)25-17(2)28)26-24(29)19-10-12-27(13-11-19)32(30,31)22-8-6-18-4-3-5-20(18)15-22/h6-9,14-15,19H,3-5,10-13H2,1-2H3,(H,25,28)(H,26,29). The van der Waals surface area contributed by atoms with E-state index in [1.807, 2.05) is 25.1 Å². The van der Waals surface area contributed by atoms with Crippen LogP contribution in [0.25, 0.3) is 0 Å². The molecule has 170 valence electrons. The van der Waals surface area contributed by atoms with Gasteiger partial charge >= 0.3 is 0 Å². The second-order valence-electron chi connectivity index (χ2n) is 8.66. The number of nitrogens with one attached hydrogen (secondary N) is 2. The van der Waals surface area contributed by atoms with E-state index in [1.54, 1.807) is 18.2 Å². The van der Waals surface area contributed by atoms with E-state index < -0.39 is 10.0 Å². The maximum absolute atomic E-state index is 13.1. The summed E-state index contributed by atoms with van der Waals surface area (Å²) in [6.45, 7) is 3.98. The topological polar surface area (TPSA) is 95.6 Å². The van der Waals surface area contributed by atoms with Crippen molar-refractivity contribution in [2.45, 2.75) is 50.8 Å². The predicted molar refractivity (Wildman–Crippen MR) is 124 cm³/mol. The third-order valence-electron chi connectivity index (χ3n) is 6.34. The van der Waals surface area contributed by atoms with Crippen LogP contribution in [0.1, 0.15) is 42.9 Å². The van der Waals surface area contributed by atoms with Gasteiger partial charge in [0.2, 0.25) is 21.8 Å². The molecule has 1 aliphatic heterocycles. The molecule has 2 aromatic rings. The average molecular weight is 456 g/mol. The minimum Gasteiger partial charge on any atom is -0.326 e. The average Bonchev–Trinajstić information content (AvgIpc) is 3.23. The maximum Gasteiger partial charge on any atom is 0.243 e. The molecule has 0 aromatic heterocycles. The Kier molecular flexibility index (Phi) is 6.35. The molecular formula is C24H29N3O4S. The molecule has 2 aliphatic rings. The second kappa shape index (κ2) is 9.03. The van der Waals surface area contributed by atoms with Crippen molar-refractivity contribution >= 4 is 33.2 Å². The lowest BCUT2D eigenvalue weighted by atomic mass is 9.97. The lowest BCUT2D eigenvalue weighted by Crippen LogP contribution is -2.41. The summed E-state index contributed by atoms with van der Waals surface area (Å²) in [6.07, 6.45) is 4.00. The minimum atomic E-state index is -3.54. The SMILES string of the molecule is CC(=O)Nc1ccc(NC(=O)C2CCN(S(=O)(=O)c3ccc4c(c3)CCC4)CC2)cc1C. The summed E-state index contributed by atoms with van der Waals surface area (Å²) in [5.74, 6) is -0.491. The van der Waals surface area contributed by atoms with Gasteiger partial charge in [-0.25, -0.2) is 8.42 Å². The molecule has 1 aliphatic carbocycles. The van der Waals surface area contributed by atoms with Crippen molar-refractivity contribution in [1.29, 1.82) is 0 Å². The van der Waals surface area contributed by atoms with Gasteiger partial charge < -0.3 is 10.6 Å². The zero-order valence-electron chi connectivity index (χ0n) is 18.5. The summed E-state index contributed by atoms with van der Waals surface area (Å²) in [4.78, 5) is 24.3. The smallest absolute Gasteiger partial charge is 0.243 e. The number of carbonyl (C=O) groups excluding carboxylic acids is 2. The molecule has 0 atom stereocenters. The second-order valence-corrected chi connectivity index (χ2v) is 10.6.